The van der Waals surface area contributed by atoms with Gasteiger partial charge in [-0.1, -0.05) is 18.2 Å². The molecular weight excluding hydrogens is 367 g/mol. The van der Waals surface area contributed by atoms with Crippen LogP contribution in [0.5, 0.6) is 0 Å². The van der Waals surface area contributed by atoms with E-state index < -0.39 is 10.0 Å². The Kier molecular flexibility index (Phi) is 6.73. The van der Waals surface area contributed by atoms with E-state index in [0.717, 1.165) is 0 Å². The number of nitrogens with zero attached hydrogens (tertiary/aromatic N) is 1. The molecule has 1 amide bonds. The largest absolute Gasteiger partial charge is 0.349 e. The van der Waals surface area contributed by atoms with E-state index in [4.69, 9.17) is 0 Å². The van der Waals surface area contributed by atoms with Crippen molar-refractivity contribution in [2.45, 2.75) is 44.2 Å². The third kappa shape index (κ3) is 5.14. The van der Waals surface area contributed by atoms with E-state index in [2.05, 4.69) is 5.32 Å². The van der Waals surface area contributed by atoms with Gasteiger partial charge in [-0.2, -0.15) is 4.31 Å². The molecule has 2 aromatic carbocycles. The van der Waals surface area contributed by atoms with Crippen LogP contribution >= 0.6 is 0 Å². The zero-order valence-corrected chi connectivity index (χ0v) is 16.8. The highest BCUT2D eigenvalue weighted by atomic mass is 32.2. The first-order chi connectivity index (χ1) is 12.6. The van der Waals surface area contributed by atoms with Gasteiger partial charge in [-0.25, -0.2) is 12.8 Å². The molecule has 0 spiro atoms. The predicted molar refractivity (Wildman–Crippen MR) is 104 cm³/mol. The molecule has 1 N–H and O–H groups in total. The fraction of sp³-hybridized carbons (Fsp3) is 0.350. The van der Waals surface area contributed by atoms with Gasteiger partial charge in [0, 0.05) is 24.7 Å². The smallest absolute Gasteiger partial charge is 0.251 e. The number of hydrogen-bond donors (Lipinski definition) is 1. The number of halogens is 1. The molecule has 1 unspecified atom stereocenters. The molecule has 0 saturated carbocycles. The Morgan fingerprint density at radius 2 is 1.67 bits per heavy atom. The summed E-state index contributed by atoms with van der Waals surface area (Å²) in [5.74, 6) is -0.637. The Morgan fingerprint density at radius 1 is 1.07 bits per heavy atom. The lowest BCUT2D eigenvalue weighted by molar-refractivity contribution is 0.0939. The van der Waals surface area contributed by atoms with E-state index in [1.807, 2.05) is 0 Å². The van der Waals surface area contributed by atoms with Gasteiger partial charge >= 0.3 is 0 Å². The van der Waals surface area contributed by atoms with Crippen LogP contribution in [0.15, 0.2) is 53.4 Å². The zero-order chi connectivity index (χ0) is 20.2. The Hall–Kier alpha value is -2.25. The number of carbonyl (C=O) groups is 1. The van der Waals surface area contributed by atoms with Crippen molar-refractivity contribution in [3.05, 3.63) is 65.5 Å². The summed E-state index contributed by atoms with van der Waals surface area (Å²) in [5.41, 5.74) is 0.880. The van der Waals surface area contributed by atoms with Crippen LogP contribution < -0.4 is 5.32 Å². The molecule has 0 aliphatic carbocycles. The molecule has 0 aromatic heterocycles. The first-order valence-corrected chi connectivity index (χ1v) is 10.2. The fourth-order valence-electron chi connectivity index (χ4n) is 2.57. The molecule has 146 valence electrons. The van der Waals surface area contributed by atoms with Crippen LogP contribution in [0.2, 0.25) is 0 Å². The molecular formula is C20H25FN2O3S. The van der Waals surface area contributed by atoms with Gasteiger partial charge in [0.2, 0.25) is 10.0 Å². The predicted octanol–water partition coefficient (Wildman–Crippen LogP) is 3.22. The third-order valence-corrected chi connectivity index (χ3v) is 6.43. The third-order valence-electron chi connectivity index (χ3n) is 4.38. The molecule has 2 rings (SSSR count). The van der Waals surface area contributed by atoms with Crippen molar-refractivity contribution >= 4 is 15.9 Å². The fourth-order valence-corrected chi connectivity index (χ4v) is 3.94. The minimum Gasteiger partial charge on any atom is -0.349 e. The monoisotopic (exact) mass is 392 g/mol. The lowest BCUT2D eigenvalue weighted by Gasteiger charge is -2.21. The van der Waals surface area contributed by atoms with Crippen LogP contribution in [0.3, 0.4) is 0 Å². The van der Waals surface area contributed by atoms with Gasteiger partial charge in [-0.05, 0) is 63.1 Å². The van der Waals surface area contributed by atoms with Crippen LogP contribution in [0.4, 0.5) is 4.39 Å². The Balaban J connectivity index is 2.06. The van der Waals surface area contributed by atoms with Crippen molar-refractivity contribution < 1.29 is 17.6 Å². The van der Waals surface area contributed by atoms with Crippen molar-refractivity contribution in [2.24, 2.45) is 0 Å². The van der Waals surface area contributed by atoms with Crippen LogP contribution in [0.1, 0.15) is 36.7 Å². The van der Waals surface area contributed by atoms with Gasteiger partial charge in [-0.3, -0.25) is 4.79 Å². The number of benzene rings is 2. The first kappa shape index (κ1) is 21.1. The lowest BCUT2D eigenvalue weighted by Crippen LogP contribution is -2.34. The zero-order valence-electron chi connectivity index (χ0n) is 15.9. The second-order valence-electron chi connectivity index (χ2n) is 6.81. The molecule has 0 aliphatic rings. The first-order valence-electron chi connectivity index (χ1n) is 8.75. The molecule has 27 heavy (non-hydrogen) atoms. The standard InChI is InChI=1S/C20H25FN2O3S/c1-14(2)23(4)27(25,26)18-11-9-16(10-12-18)20(24)22-15(3)13-17-7-5-6-8-19(17)21/h5-12,14-15H,13H2,1-4H3,(H,22,24). The Labute approximate surface area is 160 Å². The summed E-state index contributed by atoms with van der Waals surface area (Å²) in [4.78, 5) is 12.5. The summed E-state index contributed by atoms with van der Waals surface area (Å²) >= 11 is 0. The molecule has 0 heterocycles. The number of hydrogen-bond acceptors (Lipinski definition) is 3. The van der Waals surface area contributed by atoms with Crippen molar-refractivity contribution in [2.75, 3.05) is 7.05 Å². The highest BCUT2D eigenvalue weighted by molar-refractivity contribution is 7.89. The Bertz CT molecular complexity index is 896. The normalized spacial score (nSPS) is 13.0. The van der Waals surface area contributed by atoms with Crippen molar-refractivity contribution in [3.8, 4) is 0 Å². The quantitative estimate of drug-likeness (QED) is 0.787. The summed E-state index contributed by atoms with van der Waals surface area (Å²) in [6.07, 6.45) is 0.365. The molecule has 2 aromatic rings. The Morgan fingerprint density at radius 3 is 2.22 bits per heavy atom. The van der Waals surface area contributed by atoms with Gasteiger partial charge in [0.25, 0.3) is 5.91 Å². The summed E-state index contributed by atoms with van der Waals surface area (Å²) < 4.78 is 39.9. The topological polar surface area (TPSA) is 66.5 Å². The van der Waals surface area contributed by atoms with Gasteiger partial charge in [0.15, 0.2) is 0 Å². The second-order valence-corrected chi connectivity index (χ2v) is 8.81. The maximum atomic E-state index is 13.7. The summed E-state index contributed by atoms with van der Waals surface area (Å²) in [5, 5.41) is 2.81. The van der Waals surface area contributed by atoms with Crippen molar-refractivity contribution in [1.82, 2.24) is 9.62 Å². The van der Waals surface area contributed by atoms with Crippen LogP contribution in [-0.2, 0) is 16.4 Å². The molecule has 1 atom stereocenters. The number of nitrogens with one attached hydrogen (secondary N) is 1. The van der Waals surface area contributed by atoms with E-state index >= 15 is 0 Å². The molecule has 5 nitrogen and oxygen atoms in total. The highest BCUT2D eigenvalue weighted by Gasteiger charge is 2.23. The van der Waals surface area contributed by atoms with E-state index in [0.29, 0.717) is 17.5 Å². The SMILES string of the molecule is CC(Cc1ccccc1F)NC(=O)c1ccc(S(=O)(=O)N(C)C(C)C)cc1. The molecule has 7 heteroatoms. The summed E-state index contributed by atoms with van der Waals surface area (Å²) in [7, 11) is -2.07. The number of rotatable bonds is 7. The van der Waals surface area contributed by atoms with Crippen LogP contribution in [0.25, 0.3) is 0 Å². The van der Waals surface area contributed by atoms with E-state index in [-0.39, 0.29) is 28.7 Å². The molecule has 0 radical (unpaired) electrons. The van der Waals surface area contributed by atoms with Gasteiger partial charge in [0.05, 0.1) is 4.90 Å². The summed E-state index contributed by atoms with van der Waals surface area (Å²) in [6, 6.07) is 11.8. The van der Waals surface area contributed by atoms with Gasteiger partial charge < -0.3 is 5.32 Å². The second kappa shape index (κ2) is 8.63. The molecule has 0 aliphatic heterocycles. The number of amides is 1. The van der Waals surface area contributed by atoms with E-state index in [1.165, 1.54) is 41.7 Å². The minimum atomic E-state index is -3.59. The van der Waals surface area contributed by atoms with E-state index in [9.17, 15) is 17.6 Å². The van der Waals surface area contributed by atoms with Crippen LogP contribution in [-0.4, -0.2) is 37.8 Å². The van der Waals surface area contributed by atoms with Crippen LogP contribution in [0, 0.1) is 5.82 Å². The molecule has 0 saturated heterocycles. The van der Waals surface area contributed by atoms with Gasteiger partial charge in [-0.15, -0.1) is 0 Å². The highest BCUT2D eigenvalue weighted by Crippen LogP contribution is 2.17. The van der Waals surface area contributed by atoms with E-state index in [1.54, 1.807) is 39.0 Å². The number of sulfonamides is 1. The average Bonchev–Trinajstić information content (AvgIpc) is 2.62. The molecule has 0 bridgehead atoms. The summed E-state index contributed by atoms with van der Waals surface area (Å²) in [6.45, 7) is 5.37. The average molecular weight is 392 g/mol. The van der Waals surface area contributed by atoms with Crippen molar-refractivity contribution in [1.29, 1.82) is 0 Å². The number of carbonyl (C=O) groups excluding carboxylic acids is 1. The maximum Gasteiger partial charge on any atom is 0.251 e. The lowest BCUT2D eigenvalue weighted by atomic mass is 10.1. The minimum absolute atomic E-state index is 0.134. The van der Waals surface area contributed by atoms with Crippen molar-refractivity contribution in [3.63, 3.8) is 0 Å². The maximum absolute atomic E-state index is 13.7. The molecule has 0 fully saturated rings. The van der Waals surface area contributed by atoms with Gasteiger partial charge in [0.1, 0.15) is 5.82 Å².